The van der Waals surface area contributed by atoms with E-state index in [1.807, 2.05) is 18.2 Å². The molecule has 0 aromatic heterocycles. The van der Waals surface area contributed by atoms with Gasteiger partial charge in [0.1, 0.15) is 0 Å². The van der Waals surface area contributed by atoms with E-state index in [4.69, 9.17) is 4.74 Å². The summed E-state index contributed by atoms with van der Waals surface area (Å²) in [5.41, 5.74) is 0.161. The van der Waals surface area contributed by atoms with Crippen LogP contribution < -0.4 is 5.32 Å². The van der Waals surface area contributed by atoms with E-state index in [1.54, 1.807) is 11.8 Å². The van der Waals surface area contributed by atoms with Crippen LogP contribution in [0.2, 0.25) is 0 Å². The highest BCUT2D eigenvalue weighted by molar-refractivity contribution is 7.99. The lowest BCUT2D eigenvalue weighted by Crippen LogP contribution is -2.48. The molecule has 1 saturated heterocycles. The van der Waals surface area contributed by atoms with Gasteiger partial charge < -0.3 is 10.1 Å². The lowest BCUT2D eigenvalue weighted by atomic mass is 9.89. The second-order valence-electron chi connectivity index (χ2n) is 5.35. The van der Waals surface area contributed by atoms with E-state index in [0.29, 0.717) is 6.42 Å². The summed E-state index contributed by atoms with van der Waals surface area (Å²) >= 11 is 1.80. The SMILES string of the molecule is CC1(CNC(=O)CCCSc2ccccc2)COC1. The van der Waals surface area contributed by atoms with E-state index < -0.39 is 0 Å². The summed E-state index contributed by atoms with van der Waals surface area (Å²) in [6, 6.07) is 10.3. The van der Waals surface area contributed by atoms with Crippen molar-refractivity contribution >= 4 is 17.7 Å². The van der Waals surface area contributed by atoms with Crippen LogP contribution in [0, 0.1) is 5.41 Å². The first-order chi connectivity index (χ1) is 9.18. The Kier molecular flexibility index (Phi) is 5.28. The van der Waals surface area contributed by atoms with Crippen molar-refractivity contribution in [1.29, 1.82) is 0 Å². The number of ether oxygens (including phenoxy) is 1. The van der Waals surface area contributed by atoms with Crippen LogP contribution in [-0.2, 0) is 9.53 Å². The maximum Gasteiger partial charge on any atom is 0.220 e. The van der Waals surface area contributed by atoms with Gasteiger partial charge in [0, 0.05) is 23.3 Å². The third kappa shape index (κ3) is 4.88. The number of amides is 1. The highest BCUT2D eigenvalue weighted by Gasteiger charge is 2.33. The molecule has 4 heteroatoms. The molecule has 1 aliphatic heterocycles. The van der Waals surface area contributed by atoms with Crippen molar-refractivity contribution in [1.82, 2.24) is 5.32 Å². The van der Waals surface area contributed by atoms with Crippen LogP contribution in [0.4, 0.5) is 0 Å². The van der Waals surface area contributed by atoms with Gasteiger partial charge in [-0.3, -0.25) is 4.79 Å². The molecule has 2 rings (SSSR count). The molecule has 1 aliphatic rings. The topological polar surface area (TPSA) is 38.3 Å². The Bertz CT molecular complexity index is 404. The van der Waals surface area contributed by atoms with E-state index in [2.05, 4.69) is 24.4 Å². The van der Waals surface area contributed by atoms with E-state index in [1.165, 1.54) is 4.90 Å². The Balaban J connectivity index is 1.54. The summed E-state index contributed by atoms with van der Waals surface area (Å²) < 4.78 is 5.16. The van der Waals surface area contributed by atoms with Crippen molar-refractivity contribution in [2.45, 2.75) is 24.7 Å². The monoisotopic (exact) mass is 279 g/mol. The minimum absolute atomic E-state index is 0.154. The fourth-order valence-corrected chi connectivity index (χ4v) is 2.77. The summed E-state index contributed by atoms with van der Waals surface area (Å²) in [4.78, 5) is 12.9. The minimum atomic E-state index is 0.154. The van der Waals surface area contributed by atoms with E-state index in [0.717, 1.165) is 31.9 Å². The molecule has 0 unspecified atom stereocenters. The Morgan fingerprint density at radius 2 is 2.11 bits per heavy atom. The second-order valence-corrected chi connectivity index (χ2v) is 6.51. The first-order valence-electron chi connectivity index (χ1n) is 6.70. The van der Waals surface area contributed by atoms with E-state index in [9.17, 15) is 4.79 Å². The zero-order valence-electron chi connectivity index (χ0n) is 11.4. The van der Waals surface area contributed by atoms with Gasteiger partial charge in [-0.15, -0.1) is 11.8 Å². The third-order valence-electron chi connectivity index (χ3n) is 3.17. The molecule has 19 heavy (non-hydrogen) atoms. The van der Waals surface area contributed by atoms with Crippen molar-refractivity contribution in [3.63, 3.8) is 0 Å². The largest absolute Gasteiger partial charge is 0.380 e. The molecule has 3 nitrogen and oxygen atoms in total. The molecular formula is C15H21NO2S. The molecule has 0 bridgehead atoms. The zero-order valence-corrected chi connectivity index (χ0v) is 12.2. The lowest BCUT2D eigenvalue weighted by Gasteiger charge is -2.38. The standard InChI is InChI=1S/C15H21NO2S/c1-15(11-18-12-15)10-16-14(17)8-5-9-19-13-6-3-2-4-7-13/h2-4,6-7H,5,8-12H2,1H3,(H,16,17). The Morgan fingerprint density at radius 3 is 2.74 bits per heavy atom. The number of carbonyl (C=O) groups is 1. The molecule has 1 heterocycles. The summed E-state index contributed by atoms with van der Waals surface area (Å²) in [6.45, 7) is 4.40. The number of hydrogen-bond donors (Lipinski definition) is 1. The van der Waals surface area contributed by atoms with Crippen LogP contribution in [0.1, 0.15) is 19.8 Å². The molecular weight excluding hydrogens is 258 g/mol. The van der Waals surface area contributed by atoms with Crippen LogP contribution in [0.3, 0.4) is 0 Å². The van der Waals surface area contributed by atoms with Gasteiger partial charge in [-0.1, -0.05) is 25.1 Å². The molecule has 1 fully saturated rings. The summed E-state index contributed by atoms with van der Waals surface area (Å²) in [5.74, 6) is 1.14. The molecule has 1 aromatic rings. The molecule has 0 atom stereocenters. The quantitative estimate of drug-likeness (QED) is 0.616. The first kappa shape index (κ1) is 14.4. The van der Waals surface area contributed by atoms with Gasteiger partial charge in [0.15, 0.2) is 0 Å². The number of nitrogens with one attached hydrogen (secondary N) is 1. The molecule has 0 radical (unpaired) electrons. The van der Waals surface area contributed by atoms with Gasteiger partial charge in [-0.2, -0.15) is 0 Å². The molecule has 0 saturated carbocycles. The van der Waals surface area contributed by atoms with Crippen LogP contribution in [0.15, 0.2) is 35.2 Å². The maximum absolute atomic E-state index is 11.7. The Hall–Kier alpha value is -1.00. The van der Waals surface area contributed by atoms with Crippen LogP contribution in [-0.4, -0.2) is 31.4 Å². The van der Waals surface area contributed by atoms with E-state index >= 15 is 0 Å². The Morgan fingerprint density at radius 1 is 1.37 bits per heavy atom. The number of thioether (sulfide) groups is 1. The molecule has 1 aromatic carbocycles. The van der Waals surface area contributed by atoms with Gasteiger partial charge >= 0.3 is 0 Å². The highest BCUT2D eigenvalue weighted by Crippen LogP contribution is 2.25. The van der Waals surface area contributed by atoms with Crippen molar-refractivity contribution in [3.8, 4) is 0 Å². The molecule has 104 valence electrons. The molecule has 0 aliphatic carbocycles. The zero-order chi connectivity index (χ0) is 13.6. The Labute approximate surface area is 119 Å². The number of hydrogen-bond acceptors (Lipinski definition) is 3. The fraction of sp³-hybridized carbons (Fsp3) is 0.533. The number of rotatable bonds is 7. The number of benzene rings is 1. The van der Waals surface area contributed by atoms with Crippen molar-refractivity contribution in [2.75, 3.05) is 25.5 Å². The van der Waals surface area contributed by atoms with Crippen molar-refractivity contribution in [3.05, 3.63) is 30.3 Å². The van der Waals surface area contributed by atoms with E-state index in [-0.39, 0.29) is 11.3 Å². The van der Waals surface area contributed by atoms with Gasteiger partial charge in [0.05, 0.1) is 13.2 Å². The average Bonchev–Trinajstić information content (AvgIpc) is 2.40. The highest BCUT2D eigenvalue weighted by atomic mass is 32.2. The van der Waals surface area contributed by atoms with Crippen LogP contribution in [0.5, 0.6) is 0 Å². The lowest BCUT2D eigenvalue weighted by molar-refractivity contribution is -0.126. The maximum atomic E-state index is 11.7. The van der Waals surface area contributed by atoms with Gasteiger partial charge in [0.25, 0.3) is 0 Å². The third-order valence-corrected chi connectivity index (χ3v) is 4.27. The van der Waals surface area contributed by atoms with Gasteiger partial charge in [-0.25, -0.2) is 0 Å². The van der Waals surface area contributed by atoms with Crippen LogP contribution >= 0.6 is 11.8 Å². The molecule has 0 spiro atoms. The van der Waals surface area contributed by atoms with Gasteiger partial charge in [-0.05, 0) is 24.3 Å². The summed E-state index contributed by atoms with van der Waals surface area (Å²) in [6.07, 6.45) is 1.52. The smallest absolute Gasteiger partial charge is 0.220 e. The van der Waals surface area contributed by atoms with Crippen LogP contribution in [0.25, 0.3) is 0 Å². The first-order valence-corrected chi connectivity index (χ1v) is 7.69. The average molecular weight is 279 g/mol. The summed E-state index contributed by atoms with van der Waals surface area (Å²) in [7, 11) is 0. The second kappa shape index (κ2) is 6.96. The summed E-state index contributed by atoms with van der Waals surface area (Å²) in [5, 5.41) is 3.00. The van der Waals surface area contributed by atoms with Crippen molar-refractivity contribution in [2.24, 2.45) is 5.41 Å². The van der Waals surface area contributed by atoms with Gasteiger partial charge in [0.2, 0.25) is 5.91 Å². The minimum Gasteiger partial charge on any atom is -0.380 e. The number of carbonyl (C=O) groups excluding carboxylic acids is 1. The predicted molar refractivity (Wildman–Crippen MR) is 78.3 cm³/mol. The normalized spacial score (nSPS) is 16.7. The van der Waals surface area contributed by atoms with Crippen molar-refractivity contribution < 1.29 is 9.53 Å². The molecule has 1 amide bonds. The fourth-order valence-electron chi connectivity index (χ4n) is 1.89. The molecule has 1 N–H and O–H groups in total. The predicted octanol–water partition coefficient (Wildman–Crippen LogP) is 2.71.